The lowest BCUT2D eigenvalue weighted by Crippen LogP contribution is -2.02. The van der Waals surface area contributed by atoms with Crippen LogP contribution < -0.4 is 0 Å². The van der Waals surface area contributed by atoms with Gasteiger partial charge in [0, 0.05) is 23.5 Å². The zero-order valence-electron chi connectivity index (χ0n) is 8.52. The van der Waals surface area contributed by atoms with Crippen LogP contribution in [0.4, 0.5) is 10.1 Å². The van der Waals surface area contributed by atoms with Gasteiger partial charge in [-0.15, -0.1) is 0 Å². The largest absolute Gasteiger partial charge is 0.273 e. The number of hydrogen-bond donors (Lipinski definition) is 0. The van der Waals surface area contributed by atoms with Crippen molar-refractivity contribution >= 4 is 5.69 Å². The summed E-state index contributed by atoms with van der Waals surface area (Å²) in [5.74, 6) is 0.0106. The second kappa shape index (κ2) is 3.14. The lowest BCUT2D eigenvalue weighted by Gasteiger charge is -2.13. The van der Waals surface area contributed by atoms with Crippen LogP contribution in [0.15, 0.2) is 30.1 Å². The van der Waals surface area contributed by atoms with Crippen molar-refractivity contribution in [2.24, 2.45) is 0 Å². The minimum Gasteiger partial charge on any atom is -0.258 e. The van der Waals surface area contributed by atoms with Crippen LogP contribution in [0.2, 0.25) is 0 Å². The molecule has 82 valence electrons. The predicted octanol–water partition coefficient (Wildman–Crippen LogP) is 3.42. The van der Waals surface area contributed by atoms with Gasteiger partial charge in [-0.1, -0.05) is 12.1 Å². The van der Waals surface area contributed by atoms with E-state index in [0.29, 0.717) is 6.33 Å². The summed E-state index contributed by atoms with van der Waals surface area (Å²) in [4.78, 5) is 10.6. The summed E-state index contributed by atoms with van der Waals surface area (Å²) in [6, 6.07) is 5.08. The summed E-state index contributed by atoms with van der Waals surface area (Å²) >= 11 is 0. The maximum atomic E-state index is 12.8. The van der Waals surface area contributed by atoms with Crippen LogP contribution in [0.25, 0.3) is 0 Å². The van der Waals surface area contributed by atoms with Gasteiger partial charge < -0.3 is 0 Å². The summed E-state index contributed by atoms with van der Waals surface area (Å²) in [6.45, 7) is 0. The van der Waals surface area contributed by atoms with E-state index in [1.807, 2.05) is 6.07 Å². The molecule has 0 aliphatic heterocycles. The number of rotatable bonds is 1. The molecule has 2 atom stereocenters. The highest BCUT2D eigenvalue weighted by Crippen LogP contribution is 2.58. The van der Waals surface area contributed by atoms with Crippen LogP contribution in [0.5, 0.6) is 0 Å². The van der Waals surface area contributed by atoms with Crippen molar-refractivity contribution in [2.75, 3.05) is 0 Å². The van der Waals surface area contributed by atoms with Crippen molar-refractivity contribution in [3.05, 3.63) is 51.3 Å². The Morgan fingerprint density at radius 1 is 1.38 bits per heavy atom. The SMILES string of the molecule is O=[N+]([O-])c1cccc2c1C1CCC2/C1=C/F. The molecule has 0 amide bonds. The zero-order valence-corrected chi connectivity index (χ0v) is 8.52. The highest BCUT2D eigenvalue weighted by molar-refractivity contribution is 5.61. The fraction of sp³-hybridized carbons (Fsp3) is 0.333. The van der Waals surface area contributed by atoms with E-state index in [9.17, 15) is 14.5 Å². The van der Waals surface area contributed by atoms with E-state index >= 15 is 0 Å². The molecule has 3 nitrogen and oxygen atoms in total. The van der Waals surface area contributed by atoms with E-state index in [2.05, 4.69) is 0 Å². The highest BCUT2D eigenvalue weighted by Gasteiger charge is 2.45. The first-order chi connectivity index (χ1) is 7.74. The van der Waals surface area contributed by atoms with Gasteiger partial charge in [-0.2, -0.15) is 0 Å². The van der Waals surface area contributed by atoms with E-state index < -0.39 is 0 Å². The first kappa shape index (κ1) is 9.51. The minimum absolute atomic E-state index is 0.0633. The minimum atomic E-state index is -0.366. The van der Waals surface area contributed by atoms with Crippen molar-refractivity contribution in [3.63, 3.8) is 0 Å². The molecule has 2 aliphatic carbocycles. The Labute approximate surface area is 91.7 Å². The number of hydrogen-bond acceptors (Lipinski definition) is 2. The molecule has 1 aromatic carbocycles. The second-order valence-electron chi connectivity index (χ2n) is 4.33. The fourth-order valence-electron chi connectivity index (χ4n) is 3.12. The molecule has 0 aromatic heterocycles. The maximum absolute atomic E-state index is 12.8. The summed E-state index contributed by atoms with van der Waals surface area (Å²) in [5, 5.41) is 10.9. The Morgan fingerprint density at radius 3 is 2.81 bits per heavy atom. The van der Waals surface area contributed by atoms with Crippen LogP contribution in [0.1, 0.15) is 35.8 Å². The molecule has 3 rings (SSSR count). The third kappa shape index (κ3) is 1.01. The molecule has 1 aromatic rings. The van der Waals surface area contributed by atoms with Gasteiger partial charge >= 0.3 is 0 Å². The molecule has 0 heterocycles. The van der Waals surface area contributed by atoms with Crippen LogP contribution in [0, 0.1) is 10.1 Å². The molecule has 1 fully saturated rings. The molecule has 2 bridgehead atoms. The third-order valence-corrected chi connectivity index (χ3v) is 3.71. The average Bonchev–Trinajstić information content (AvgIpc) is 2.83. The monoisotopic (exact) mass is 219 g/mol. The van der Waals surface area contributed by atoms with Gasteiger partial charge in [-0.05, 0) is 24.0 Å². The van der Waals surface area contributed by atoms with E-state index in [4.69, 9.17) is 0 Å². The molecule has 2 aliphatic rings. The van der Waals surface area contributed by atoms with Crippen molar-refractivity contribution in [1.29, 1.82) is 0 Å². The summed E-state index contributed by atoms with van der Waals surface area (Å²) in [5.41, 5.74) is 2.57. The number of nitrogens with zero attached hydrogens (tertiary/aromatic N) is 1. The smallest absolute Gasteiger partial charge is 0.258 e. The predicted molar refractivity (Wildman–Crippen MR) is 57.0 cm³/mol. The van der Waals surface area contributed by atoms with Crippen molar-refractivity contribution < 1.29 is 9.31 Å². The van der Waals surface area contributed by atoms with Gasteiger partial charge in [-0.3, -0.25) is 10.1 Å². The topological polar surface area (TPSA) is 43.1 Å². The van der Waals surface area contributed by atoms with Gasteiger partial charge in [-0.25, -0.2) is 4.39 Å². The standard InChI is InChI=1S/C12H10FNO2/c13-6-10-7-4-5-9(10)12-8(7)2-1-3-11(12)14(15)16/h1-3,6-7,9H,4-5H2/b10-6-. The Hall–Kier alpha value is -1.71. The Balaban J connectivity index is 2.25. The Kier molecular flexibility index (Phi) is 1.87. The van der Waals surface area contributed by atoms with E-state index in [1.165, 1.54) is 6.07 Å². The van der Waals surface area contributed by atoms with Gasteiger partial charge in [0.05, 0.1) is 11.3 Å². The summed E-state index contributed by atoms with van der Waals surface area (Å²) in [7, 11) is 0. The molecule has 16 heavy (non-hydrogen) atoms. The maximum Gasteiger partial charge on any atom is 0.273 e. The van der Waals surface area contributed by atoms with Gasteiger partial charge in [0.2, 0.25) is 0 Å². The number of benzene rings is 1. The van der Waals surface area contributed by atoms with E-state index in [-0.39, 0.29) is 22.4 Å². The molecule has 0 saturated heterocycles. The number of nitro benzene ring substituents is 1. The first-order valence-electron chi connectivity index (χ1n) is 5.31. The number of fused-ring (bicyclic) bond motifs is 5. The molecular weight excluding hydrogens is 209 g/mol. The lowest BCUT2D eigenvalue weighted by atomic mass is 9.91. The van der Waals surface area contributed by atoms with Gasteiger partial charge in [0.1, 0.15) is 0 Å². The Morgan fingerprint density at radius 2 is 2.12 bits per heavy atom. The van der Waals surface area contributed by atoms with E-state index in [0.717, 1.165) is 29.5 Å². The molecule has 0 spiro atoms. The van der Waals surface area contributed by atoms with E-state index in [1.54, 1.807) is 6.07 Å². The molecule has 2 unspecified atom stereocenters. The third-order valence-electron chi connectivity index (χ3n) is 3.71. The van der Waals surface area contributed by atoms with Crippen molar-refractivity contribution in [2.45, 2.75) is 24.7 Å². The zero-order chi connectivity index (χ0) is 11.3. The van der Waals surface area contributed by atoms with Crippen molar-refractivity contribution in [1.82, 2.24) is 0 Å². The van der Waals surface area contributed by atoms with Crippen LogP contribution >= 0.6 is 0 Å². The molecular formula is C12H10FNO2. The molecule has 0 N–H and O–H groups in total. The highest BCUT2D eigenvalue weighted by atomic mass is 19.1. The average molecular weight is 219 g/mol. The van der Waals surface area contributed by atoms with Gasteiger partial charge in [0.15, 0.2) is 0 Å². The van der Waals surface area contributed by atoms with Crippen LogP contribution in [-0.2, 0) is 0 Å². The number of halogens is 1. The molecule has 4 heteroatoms. The number of nitro groups is 1. The fourth-order valence-corrected chi connectivity index (χ4v) is 3.12. The van der Waals surface area contributed by atoms with Crippen LogP contribution in [0.3, 0.4) is 0 Å². The lowest BCUT2D eigenvalue weighted by molar-refractivity contribution is -0.385. The Bertz CT molecular complexity index is 510. The second-order valence-corrected chi connectivity index (χ2v) is 4.33. The van der Waals surface area contributed by atoms with Crippen LogP contribution in [-0.4, -0.2) is 4.92 Å². The van der Waals surface area contributed by atoms with Crippen molar-refractivity contribution in [3.8, 4) is 0 Å². The molecule has 0 radical (unpaired) electrons. The quantitative estimate of drug-likeness (QED) is 0.536. The summed E-state index contributed by atoms with van der Waals surface area (Å²) in [6.07, 6.45) is 2.39. The first-order valence-corrected chi connectivity index (χ1v) is 5.31. The number of allylic oxidation sites excluding steroid dienone is 1. The normalized spacial score (nSPS) is 28.4. The molecule has 1 saturated carbocycles. The van der Waals surface area contributed by atoms with Gasteiger partial charge in [0.25, 0.3) is 5.69 Å². The summed E-state index contributed by atoms with van der Waals surface area (Å²) < 4.78 is 12.8.